The highest BCUT2D eigenvalue weighted by Crippen LogP contribution is 2.21. The molecule has 0 unspecified atom stereocenters. The Morgan fingerprint density at radius 2 is 0.975 bits per heavy atom. The van der Waals surface area contributed by atoms with E-state index in [0.29, 0.717) is 31.2 Å². The lowest BCUT2D eigenvalue weighted by molar-refractivity contribution is -0.146. The average molecular weight is 1110 g/mol. The number of hydrogen-bond acceptors (Lipinski definition) is 14. The Labute approximate surface area is 462 Å². The predicted molar refractivity (Wildman–Crippen MR) is 286 cm³/mol. The lowest BCUT2D eigenvalue weighted by Gasteiger charge is -2.37. The molecule has 0 spiro atoms. The van der Waals surface area contributed by atoms with Gasteiger partial charge in [0.05, 0.1) is 26.2 Å². The predicted octanol–water partition coefficient (Wildman–Crippen LogP) is -0.702. The summed E-state index contributed by atoms with van der Waals surface area (Å²) < 4.78 is 10.9. The summed E-state index contributed by atoms with van der Waals surface area (Å²) in [5, 5.41) is 15.5. The smallest absolute Gasteiger partial charge is 0.408 e. The molecular formula is C53H82N12O14. The molecular weight excluding hydrogens is 1030 g/mol. The maximum atomic E-state index is 14.5. The molecule has 12 amide bonds. The Morgan fingerprint density at radius 1 is 0.570 bits per heavy atom. The zero-order valence-corrected chi connectivity index (χ0v) is 47.5. The number of likely N-dealkylation sites (N-methyl/N-ethyl adjacent to an activating group) is 4. The quantitative estimate of drug-likeness (QED) is 0.205. The van der Waals surface area contributed by atoms with Crippen molar-refractivity contribution in [3.8, 4) is 0 Å². The van der Waals surface area contributed by atoms with E-state index >= 15 is 0 Å². The van der Waals surface area contributed by atoms with Crippen LogP contribution >= 0.6 is 0 Å². The fourth-order valence-corrected chi connectivity index (χ4v) is 9.51. The number of nitrogens with zero attached hydrogens (tertiary/aromatic N) is 6. The first-order valence-corrected chi connectivity index (χ1v) is 26.8. The van der Waals surface area contributed by atoms with Crippen LogP contribution in [0.5, 0.6) is 0 Å². The number of ether oxygens (including phenoxy) is 2. The molecule has 3 heterocycles. The van der Waals surface area contributed by atoms with Crippen LogP contribution in [0.1, 0.15) is 92.6 Å². The topological polar surface area (TPSA) is 315 Å². The molecule has 3 aliphatic rings. The molecule has 3 aliphatic heterocycles. The van der Waals surface area contributed by atoms with E-state index < -0.39 is 164 Å². The zero-order chi connectivity index (χ0) is 58.9. The molecule has 3 fully saturated rings. The van der Waals surface area contributed by atoms with Gasteiger partial charge in [0.15, 0.2) is 0 Å². The Kier molecular flexibility index (Phi) is 23.8. The number of alkyl carbamates (subject to hydrolysis) is 2. The summed E-state index contributed by atoms with van der Waals surface area (Å²) in [5.41, 5.74) is -0.334. The molecule has 6 N–H and O–H groups in total. The van der Waals surface area contributed by atoms with Crippen molar-refractivity contribution in [2.24, 2.45) is 11.8 Å². The van der Waals surface area contributed by atoms with Crippen LogP contribution in [0.4, 0.5) is 9.59 Å². The molecule has 6 atom stereocenters. The van der Waals surface area contributed by atoms with E-state index in [1.165, 1.54) is 38.0 Å². The number of amides is 12. The minimum atomic E-state index is -1.50. The SMILES string of the molecule is CC(C)[C@H]1C(=O)NC[C@@H](NC(=O)OC(C)(C)C)C(=O)N2CCCC[C@H]2C(=O)NCC(=O)N(C)CC(=O)N(C)[C@@H](C(C)C)C(=O)NC[C@@H](NC(=O)OCc2ccccc2)C(=O)N2CCCC[C@H]2C(=O)NCC(=O)N(C)CC(=O)N1C. The van der Waals surface area contributed by atoms with Crippen LogP contribution in [0.3, 0.4) is 0 Å². The maximum absolute atomic E-state index is 14.5. The van der Waals surface area contributed by atoms with Crippen LogP contribution in [0.2, 0.25) is 0 Å². The van der Waals surface area contributed by atoms with E-state index in [-0.39, 0.29) is 32.5 Å². The van der Waals surface area contributed by atoms with Gasteiger partial charge in [0.2, 0.25) is 59.1 Å². The second kappa shape index (κ2) is 29.4. The van der Waals surface area contributed by atoms with Crippen molar-refractivity contribution in [3.05, 3.63) is 35.9 Å². The van der Waals surface area contributed by atoms with Gasteiger partial charge in [-0.25, -0.2) is 9.59 Å². The molecule has 3 saturated heterocycles. The van der Waals surface area contributed by atoms with E-state index in [2.05, 4.69) is 31.9 Å². The zero-order valence-electron chi connectivity index (χ0n) is 47.5. The summed E-state index contributed by atoms with van der Waals surface area (Å²) in [4.78, 5) is 173. The van der Waals surface area contributed by atoms with E-state index in [4.69, 9.17) is 9.47 Å². The van der Waals surface area contributed by atoms with Crippen molar-refractivity contribution in [1.29, 1.82) is 0 Å². The highest BCUT2D eigenvalue weighted by molar-refractivity contribution is 5.97. The molecule has 1 aromatic rings. The van der Waals surface area contributed by atoms with Gasteiger partial charge in [-0.15, -0.1) is 0 Å². The van der Waals surface area contributed by atoms with Gasteiger partial charge < -0.3 is 70.8 Å². The lowest BCUT2D eigenvalue weighted by Crippen LogP contribution is -2.61. The molecule has 438 valence electrons. The Hall–Kier alpha value is -7.54. The molecule has 79 heavy (non-hydrogen) atoms. The van der Waals surface area contributed by atoms with Gasteiger partial charge >= 0.3 is 12.2 Å². The normalized spacial score (nSPS) is 24.3. The summed E-state index contributed by atoms with van der Waals surface area (Å²) in [6.07, 6.45) is 0.383. The summed E-state index contributed by atoms with van der Waals surface area (Å²) in [7, 11) is 5.39. The summed E-state index contributed by atoms with van der Waals surface area (Å²) in [6, 6.07) is 1.20. The minimum Gasteiger partial charge on any atom is -0.445 e. The molecule has 4 rings (SSSR count). The van der Waals surface area contributed by atoms with Crippen molar-refractivity contribution in [2.45, 2.75) is 135 Å². The first kappa shape index (κ1) is 64.0. The highest BCUT2D eigenvalue weighted by atomic mass is 16.6. The Balaban J connectivity index is 1.67. The fourth-order valence-electron chi connectivity index (χ4n) is 9.51. The van der Waals surface area contributed by atoms with Gasteiger partial charge in [0.1, 0.15) is 48.5 Å². The number of fused-ring (bicyclic) bond motifs is 2. The van der Waals surface area contributed by atoms with Gasteiger partial charge in [0.25, 0.3) is 0 Å². The molecule has 0 aliphatic carbocycles. The van der Waals surface area contributed by atoms with Crippen molar-refractivity contribution in [3.63, 3.8) is 0 Å². The molecule has 0 aromatic heterocycles. The second-order valence-corrected chi connectivity index (χ2v) is 21.9. The Bertz CT molecular complexity index is 2380. The van der Waals surface area contributed by atoms with E-state index in [9.17, 15) is 57.5 Å². The average Bonchev–Trinajstić information content (AvgIpc) is 3.41. The van der Waals surface area contributed by atoms with Crippen LogP contribution in [0.25, 0.3) is 0 Å². The van der Waals surface area contributed by atoms with Crippen molar-refractivity contribution in [1.82, 2.24) is 61.3 Å². The van der Waals surface area contributed by atoms with Gasteiger partial charge in [-0.3, -0.25) is 47.9 Å². The lowest BCUT2D eigenvalue weighted by atomic mass is 9.99. The van der Waals surface area contributed by atoms with E-state index in [0.717, 1.165) is 19.6 Å². The van der Waals surface area contributed by atoms with E-state index in [1.807, 2.05) is 0 Å². The number of nitrogens with one attached hydrogen (secondary N) is 6. The fraction of sp³-hybridized carbons (Fsp3) is 0.660. The van der Waals surface area contributed by atoms with Crippen LogP contribution < -0.4 is 31.9 Å². The van der Waals surface area contributed by atoms with Gasteiger partial charge in [-0.2, -0.15) is 0 Å². The van der Waals surface area contributed by atoms with Gasteiger partial charge in [-0.05, 0) is 76.7 Å². The van der Waals surface area contributed by atoms with Crippen LogP contribution in [0.15, 0.2) is 30.3 Å². The number of carbonyl (C=O) groups excluding carboxylic acids is 12. The highest BCUT2D eigenvalue weighted by Gasteiger charge is 2.41. The van der Waals surface area contributed by atoms with Crippen molar-refractivity contribution < 1.29 is 67.0 Å². The standard InChI is InChI=1S/C53H82N12O14/c1-32(2)43-47(72)54-25-35(58-51(76)78-31-34-19-13-12-14-20-34)49(74)64-23-17-15-21-37(64)45(70)56-27-39(66)61(9)30-42(69)63(11)44(33(3)4)48(73)55-26-36(59-52(77)79-53(5,6)7)50(75)65-24-18-16-22-38(65)46(71)57-28-40(67)60(8)29-41(68)62(43)10/h12-14,19-20,32-33,35-38,43-44H,15-18,21-31H2,1-11H3,(H,54,72)(H,55,73)(H,56,70)(H,57,71)(H,58,76)(H,59,77)/t35-,36-,37+,38+,43+,44+/m1/s1. The maximum Gasteiger partial charge on any atom is 0.408 e. The summed E-state index contributed by atoms with van der Waals surface area (Å²) in [5.74, 6) is -8.08. The molecule has 0 bridgehead atoms. The largest absolute Gasteiger partial charge is 0.445 e. The first-order valence-electron chi connectivity index (χ1n) is 26.8. The number of rotatable bonds is 6. The Morgan fingerprint density at radius 3 is 1.37 bits per heavy atom. The van der Waals surface area contributed by atoms with Gasteiger partial charge in [0, 0.05) is 54.4 Å². The number of hydrogen-bond donors (Lipinski definition) is 6. The minimum absolute atomic E-state index is 0.0689. The molecule has 26 nitrogen and oxygen atoms in total. The van der Waals surface area contributed by atoms with Crippen LogP contribution in [-0.2, 0) is 64.0 Å². The second-order valence-electron chi connectivity index (χ2n) is 21.9. The van der Waals surface area contributed by atoms with Crippen LogP contribution in [0, 0.1) is 11.8 Å². The molecule has 26 heteroatoms. The van der Waals surface area contributed by atoms with Crippen molar-refractivity contribution in [2.75, 3.05) is 80.5 Å². The molecule has 0 saturated carbocycles. The van der Waals surface area contributed by atoms with Crippen molar-refractivity contribution >= 4 is 71.3 Å². The third kappa shape index (κ3) is 18.8. The first-order chi connectivity index (χ1) is 37.1. The van der Waals surface area contributed by atoms with E-state index in [1.54, 1.807) is 78.8 Å². The summed E-state index contributed by atoms with van der Waals surface area (Å²) >= 11 is 0. The number of benzene rings is 1. The molecule has 0 radical (unpaired) electrons. The monoisotopic (exact) mass is 1110 g/mol. The molecule has 1 aromatic carbocycles. The number of piperidine rings is 2. The van der Waals surface area contributed by atoms with Gasteiger partial charge in [-0.1, -0.05) is 58.0 Å². The third-order valence-corrected chi connectivity index (χ3v) is 13.8. The third-order valence-electron chi connectivity index (χ3n) is 13.8. The number of carbonyl (C=O) groups is 12. The summed E-state index contributed by atoms with van der Waals surface area (Å²) in [6.45, 7) is 8.30. The van der Waals surface area contributed by atoms with Crippen LogP contribution in [-0.4, -0.2) is 223 Å².